The Hall–Kier alpha value is -3.68. The van der Waals surface area contributed by atoms with E-state index in [0.29, 0.717) is 28.8 Å². The number of fused-ring (bicyclic) bond motifs is 1. The van der Waals surface area contributed by atoms with Crippen molar-refractivity contribution in [2.45, 2.75) is 13.0 Å². The van der Waals surface area contributed by atoms with E-state index in [-0.39, 0.29) is 0 Å². The first-order chi connectivity index (χ1) is 13.1. The number of nitrogens with two attached hydrogens (primary N) is 1. The lowest BCUT2D eigenvalue weighted by Crippen LogP contribution is -2.31. The molecule has 8 heteroatoms. The van der Waals surface area contributed by atoms with E-state index in [1.807, 2.05) is 36.4 Å². The maximum Gasteiger partial charge on any atom is 0.248 e. The molecule has 1 amide bonds. The highest BCUT2D eigenvalue weighted by Gasteiger charge is 2.33. The maximum atomic E-state index is 12.2. The number of ether oxygens (including phenoxy) is 1. The Morgan fingerprint density at radius 1 is 1.26 bits per heavy atom. The molecule has 0 aliphatic carbocycles. The molecule has 3 aromatic rings. The van der Waals surface area contributed by atoms with Crippen LogP contribution in [-0.4, -0.2) is 32.8 Å². The molecule has 3 N–H and O–H groups in total. The van der Waals surface area contributed by atoms with Crippen molar-refractivity contribution in [1.29, 1.82) is 0 Å². The lowest BCUT2D eigenvalue weighted by molar-refractivity contribution is -0.115. The summed E-state index contributed by atoms with van der Waals surface area (Å²) in [6, 6.07) is 10.7. The normalized spacial score (nSPS) is 15.9. The highest BCUT2D eigenvalue weighted by molar-refractivity contribution is 5.95. The van der Waals surface area contributed by atoms with E-state index in [9.17, 15) is 4.79 Å². The molecule has 0 saturated carbocycles. The van der Waals surface area contributed by atoms with E-state index < -0.39 is 11.9 Å². The third-order valence-corrected chi connectivity index (χ3v) is 4.47. The fraction of sp³-hybridized carbons (Fsp3) is 0.158. The van der Waals surface area contributed by atoms with Gasteiger partial charge < -0.3 is 15.8 Å². The first-order valence-electron chi connectivity index (χ1n) is 8.37. The van der Waals surface area contributed by atoms with Crippen LogP contribution in [0.3, 0.4) is 0 Å². The minimum absolute atomic E-state index is 0.423. The summed E-state index contributed by atoms with van der Waals surface area (Å²) in [5.74, 6) is 1.15. The molecule has 0 fully saturated rings. The molecule has 136 valence electrons. The van der Waals surface area contributed by atoms with Crippen LogP contribution < -0.4 is 15.8 Å². The first-order valence-corrected chi connectivity index (χ1v) is 8.37. The largest absolute Gasteiger partial charge is 0.496 e. The Morgan fingerprint density at radius 3 is 2.78 bits per heavy atom. The molecule has 0 spiro atoms. The summed E-state index contributed by atoms with van der Waals surface area (Å²) in [6.07, 6.45) is 3.37. The summed E-state index contributed by atoms with van der Waals surface area (Å²) in [5, 5.41) is 7.77. The highest BCUT2D eigenvalue weighted by Crippen LogP contribution is 2.37. The smallest absolute Gasteiger partial charge is 0.248 e. The number of aromatic nitrogens is 4. The van der Waals surface area contributed by atoms with Crippen molar-refractivity contribution >= 4 is 11.9 Å². The van der Waals surface area contributed by atoms with Gasteiger partial charge >= 0.3 is 0 Å². The van der Waals surface area contributed by atoms with Gasteiger partial charge in [-0.25, -0.2) is 4.68 Å². The van der Waals surface area contributed by atoms with Gasteiger partial charge in [-0.2, -0.15) is 4.98 Å². The molecule has 1 aliphatic heterocycles. The van der Waals surface area contributed by atoms with E-state index >= 15 is 0 Å². The summed E-state index contributed by atoms with van der Waals surface area (Å²) in [6.45, 7) is 1.80. The number of rotatable bonds is 4. The van der Waals surface area contributed by atoms with Gasteiger partial charge in [0, 0.05) is 18.1 Å². The molecule has 3 heterocycles. The number of nitrogens with one attached hydrogen (secondary N) is 1. The van der Waals surface area contributed by atoms with Crippen LogP contribution >= 0.6 is 0 Å². The molecule has 0 bridgehead atoms. The van der Waals surface area contributed by atoms with Crippen LogP contribution in [0.5, 0.6) is 5.75 Å². The van der Waals surface area contributed by atoms with E-state index in [1.54, 1.807) is 31.1 Å². The predicted octanol–water partition coefficient (Wildman–Crippen LogP) is 2.12. The van der Waals surface area contributed by atoms with Crippen LogP contribution in [0.25, 0.3) is 11.4 Å². The number of para-hydroxylation sites is 1. The zero-order valence-corrected chi connectivity index (χ0v) is 14.9. The van der Waals surface area contributed by atoms with Crippen molar-refractivity contribution in [3.05, 3.63) is 65.6 Å². The minimum Gasteiger partial charge on any atom is -0.496 e. The number of nitrogens with zero attached hydrogens (tertiary/aromatic N) is 4. The third kappa shape index (κ3) is 2.80. The molecule has 8 nitrogen and oxygen atoms in total. The molecule has 1 aromatic carbocycles. The number of primary amides is 1. The molecule has 0 radical (unpaired) electrons. The number of hydrogen-bond donors (Lipinski definition) is 2. The molecule has 0 saturated heterocycles. The van der Waals surface area contributed by atoms with Gasteiger partial charge in [0.15, 0.2) is 5.82 Å². The molecule has 2 aromatic heterocycles. The number of pyridine rings is 1. The monoisotopic (exact) mass is 362 g/mol. The van der Waals surface area contributed by atoms with Crippen molar-refractivity contribution in [2.24, 2.45) is 5.73 Å². The number of benzene rings is 1. The molecule has 27 heavy (non-hydrogen) atoms. The summed E-state index contributed by atoms with van der Waals surface area (Å²) < 4.78 is 7.08. The topological polar surface area (TPSA) is 108 Å². The van der Waals surface area contributed by atoms with Crippen molar-refractivity contribution in [2.75, 3.05) is 12.4 Å². The average molecular weight is 362 g/mol. The van der Waals surface area contributed by atoms with Gasteiger partial charge in [-0.3, -0.25) is 9.78 Å². The van der Waals surface area contributed by atoms with E-state index in [1.165, 1.54) is 0 Å². The Labute approximate surface area is 155 Å². The number of allylic oxidation sites excluding steroid dienone is 1. The van der Waals surface area contributed by atoms with Crippen LogP contribution in [0, 0.1) is 0 Å². The lowest BCUT2D eigenvalue weighted by atomic mass is 9.97. The summed E-state index contributed by atoms with van der Waals surface area (Å²) in [4.78, 5) is 20.9. The van der Waals surface area contributed by atoms with Crippen molar-refractivity contribution in [3.8, 4) is 17.1 Å². The van der Waals surface area contributed by atoms with Gasteiger partial charge in [-0.05, 0) is 30.7 Å². The number of amides is 1. The summed E-state index contributed by atoms with van der Waals surface area (Å²) >= 11 is 0. The zero-order chi connectivity index (χ0) is 19.0. The summed E-state index contributed by atoms with van der Waals surface area (Å²) in [7, 11) is 1.60. The maximum absolute atomic E-state index is 12.2. The standard InChI is InChI=1S/C19H18N6O2/c1-11-15(17(20)26)16(12-6-5-9-21-10-12)25-19(22-11)23-18(24-25)13-7-3-4-8-14(13)27-2/h3-10,16H,1-2H3,(H2,20,26)(H,22,23,24)/t16-/m1/s1. The number of anilines is 1. The fourth-order valence-corrected chi connectivity index (χ4v) is 3.26. The van der Waals surface area contributed by atoms with Gasteiger partial charge in [0.25, 0.3) is 0 Å². The van der Waals surface area contributed by atoms with Crippen LogP contribution in [0.15, 0.2) is 60.1 Å². The second-order valence-corrected chi connectivity index (χ2v) is 6.12. The molecular formula is C19H18N6O2. The molecular weight excluding hydrogens is 344 g/mol. The van der Waals surface area contributed by atoms with Crippen LogP contribution in [0.2, 0.25) is 0 Å². The second kappa shape index (κ2) is 6.56. The van der Waals surface area contributed by atoms with Crippen molar-refractivity contribution < 1.29 is 9.53 Å². The van der Waals surface area contributed by atoms with Gasteiger partial charge in [-0.1, -0.05) is 18.2 Å². The van der Waals surface area contributed by atoms with Crippen molar-refractivity contribution in [3.63, 3.8) is 0 Å². The van der Waals surface area contributed by atoms with E-state index in [2.05, 4.69) is 20.4 Å². The lowest BCUT2D eigenvalue weighted by Gasteiger charge is -2.27. The molecule has 1 atom stereocenters. The second-order valence-electron chi connectivity index (χ2n) is 6.12. The Bertz CT molecular complexity index is 1040. The quantitative estimate of drug-likeness (QED) is 0.736. The number of hydrogen-bond acceptors (Lipinski definition) is 6. The van der Waals surface area contributed by atoms with Gasteiger partial charge in [0.05, 0.1) is 18.2 Å². The average Bonchev–Trinajstić information content (AvgIpc) is 3.10. The Morgan fingerprint density at radius 2 is 2.07 bits per heavy atom. The van der Waals surface area contributed by atoms with Crippen LogP contribution in [0.4, 0.5) is 5.95 Å². The Kier molecular flexibility index (Phi) is 4.08. The SMILES string of the molecule is COc1ccccc1-c1nc2n(n1)[C@H](c1cccnc1)C(C(N)=O)=C(C)N2. The van der Waals surface area contributed by atoms with Gasteiger partial charge in [-0.15, -0.1) is 5.10 Å². The van der Waals surface area contributed by atoms with E-state index in [4.69, 9.17) is 10.5 Å². The molecule has 1 aliphatic rings. The molecule has 0 unspecified atom stereocenters. The third-order valence-electron chi connectivity index (χ3n) is 4.47. The van der Waals surface area contributed by atoms with E-state index in [0.717, 1.165) is 11.1 Å². The summed E-state index contributed by atoms with van der Waals surface area (Å²) in [5.41, 5.74) is 8.28. The molecule has 4 rings (SSSR count). The number of carbonyl (C=O) groups excluding carboxylic acids is 1. The zero-order valence-electron chi connectivity index (χ0n) is 14.9. The van der Waals surface area contributed by atoms with Crippen molar-refractivity contribution in [1.82, 2.24) is 19.7 Å². The first kappa shape index (κ1) is 16.8. The number of methoxy groups -OCH3 is 1. The van der Waals surface area contributed by atoms with Gasteiger partial charge in [0.2, 0.25) is 11.9 Å². The van der Waals surface area contributed by atoms with Gasteiger partial charge in [0.1, 0.15) is 11.8 Å². The Balaban J connectivity index is 1.90. The fourth-order valence-electron chi connectivity index (χ4n) is 3.26. The van der Waals surface area contributed by atoms with Crippen LogP contribution in [0.1, 0.15) is 18.5 Å². The van der Waals surface area contributed by atoms with Crippen LogP contribution in [-0.2, 0) is 4.79 Å². The minimum atomic E-state index is -0.520. The predicted molar refractivity (Wildman–Crippen MR) is 99.9 cm³/mol. The number of carbonyl (C=O) groups is 1. The highest BCUT2D eigenvalue weighted by atomic mass is 16.5.